The van der Waals surface area contributed by atoms with Crippen molar-refractivity contribution in [1.29, 1.82) is 0 Å². The van der Waals surface area contributed by atoms with E-state index in [4.69, 9.17) is 5.84 Å². The third-order valence-corrected chi connectivity index (χ3v) is 3.96. The lowest BCUT2D eigenvalue weighted by molar-refractivity contribution is -0.120. The van der Waals surface area contributed by atoms with E-state index < -0.39 is 11.6 Å². The van der Waals surface area contributed by atoms with Gasteiger partial charge < -0.3 is 0 Å². The van der Waals surface area contributed by atoms with Gasteiger partial charge in [0, 0.05) is 16.7 Å². The topological polar surface area (TPSA) is 55.1 Å². The first-order valence-corrected chi connectivity index (χ1v) is 7.22. The third-order valence-electron chi connectivity index (χ3n) is 2.84. The number of nitrogens with one attached hydrogen (secondary N) is 1. The summed E-state index contributed by atoms with van der Waals surface area (Å²) in [6.07, 6.45) is 0.219. The Balaban J connectivity index is 1.96. The lowest BCUT2D eigenvalue weighted by atomic mass is 10.1. The average molecular weight is 308 g/mol. The van der Waals surface area contributed by atoms with E-state index in [1.807, 2.05) is 24.3 Å². The van der Waals surface area contributed by atoms with Crippen molar-refractivity contribution >= 4 is 17.7 Å². The van der Waals surface area contributed by atoms with Crippen molar-refractivity contribution in [3.63, 3.8) is 0 Å². The zero-order valence-corrected chi connectivity index (χ0v) is 11.9. The Hall–Kier alpha value is -1.92. The Kier molecular flexibility index (Phi) is 5.30. The smallest absolute Gasteiger partial charge is 0.238 e. The highest BCUT2D eigenvalue weighted by Gasteiger charge is 2.05. The maximum atomic E-state index is 13.5. The standard InChI is InChI=1S/C15H14F2N2OS/c16-12-5-6-14(13(17)8-12)21-9-11-3-1-10(2-4-11)7-15(20)19-18/h1-6,8H,7,9,18H2,(H,19,20). The van der Waals surface area contributed by atoms with E-state index in [2.05, 4.69) is 5.43 Å². The number of carbonyl (C=O) groups excluding carboxylic acids is 1. The number of benzene rings is 2. The highest BCUT2D eigenvalue weighted by molar-refractivity contribution is 7.98. The first-order valence-electron chi connectivity index (χ1n) is 6.23. The van der Waals surface area contributed by atoms with Crippen molar-refractivity contribution in [2.45, 2.75) is 17.1 Å². The lowest BCUT2D eigenvalue weighted by Gasteiger charge is -2.05. The molecular formula is C15H14F2N2OS. The summed E-state index contributed by atoms with van der Waals surface area (Å²) in [5.41, 5.74) is 3.90. The predicted octanol–water partition coefficient (Wildman–Crippen LogP) is 2.79. The van der Waals surface area contributed by atoms with Gasteiger partial charge in [0.1, 0.15) is 11.6 Å². The van der Waals surface area contributed by atoms with Crippen LogP contribution in [0, 0.1) is 11.6 Å². The predicted molar refractivity (Wildman–Crippen MR) is 78.4 cm³/mol. The lowest BCUT2D eigenvalue weighted by Crippen LogP contribution is -2.31. The zero-order chi connectivity index (χ0) is 15.2. The molecule has 0 aliphatic rings. The van der Waals surface area contributed by atoms with E-state index in [1.165, 1.54) is 23.9 Å². The van der Waals surface area contributed by atoms with E-state index >= 15 is 0 Å². The van der Waals surface area contributed by atoms with Crippen LogP contribution in [0.3, 0.4) is 0 Å². The van der Waals surface area contributed by atoms with Gasteiger partial charge >= 0.3 is 0 Å². The molecular weight excluding hydrogens is 294 g/mol. The minimum Gasteiger partial charge on any atom is -0.294 e. The minimum atomic E-state index is -0.584. The summed E-state index contributed by atoms with van der Waals surface area (Å²) in [5.74, 6) is 4.18. The summed E-state index contributed by atoms with van der Waals surface area (Å²) in [7, 11) is 0. The molecule has 0 heterocycles. The second-order valence-corrected chi connectivity index (χ2v) is 5.44. The summed E-state index contributed by atoms with van der Waals surface area (Å²) in [5, 5.41) is 0. The molecule has 21 heavy (non-hydrogen) atoms. The van der Waals surface area contributed by atoms with Crippen LogP contribution < -0.4 is 11.3 Å². The van der Waals surface area contributed by atoms with Crippen LogP contribution >= 0.6 is 11.8 Å². The molecule has 2 aromatic rings. The summed E-state index contributed by atoms with van der Waals surface area (Å²) in [4.78, 5) is 11.5. The molecule has 0 unspecified atom stereocenters. The van der Waals surface area contributed by atoms with Crippen LogP contribution in [-0.4, -0.2) is 5.91 Å². The molecule has 1 amide bonds. The number of rotatable bonds is 5. The monoisotopic (exact) mass is 308 g/mol. The maximum absolute atomic E-state index is 13.5. The second kappa shape index (κ2) is 7.19. The van der Waals surface area contributed by atoms with Crippen LogP contribution in [0.1, 0.15) is 11.1 Å². The SMILES string of the molecule is NNC(=O)Cc1ccc(CSc2ccc(F)cc2F)cc1. The molecule has 0 bridgehead atoms. The normalized spacial score (nSPS) is 10.4. The molecule has 2 aromatic carbocycles. The van der Waals surface area contributed by atoms with Crippen molar-refractivity contribution in [3.8, 4) is 0 Å². The summed E-state index contributed by atoms with van der Waals surface area (Å²) in [6, 6.07) is 10.9. The molecule has 0 aliphatic carbocycles. The molecule has 0 fully saturated rings. The summed E-state index contributed by atoms with van der Waals surface area (Å²) < 4.78 is 26.3. The van der Waals surface area contributed by atoms with Gasteiger partial charge in [-0.25, -0.2) is 14.6 Å². The number of halogens is 2. The fourth-order valence-corrected chi connectivity index (χ4v) is 2.62. The number of hydrogen-bond donors (Lipinski definition) is 2. The van der Waals surface area contributed by atoms with E-state index in [0.29, 0.717) is 10.6 Å². The van der Waals surface area contributed by atoms with Crippen LogP contribution in [-0.2, 0) is 17.0 Å². The molecule has 0 aromatic heterocycles. The van der Waals surface area contributed by atoms with Crippen LogP contribution in [0.2, 0.25) is 0 Å². The van der Waals surface area contributed by atoms with Gasteiger partial charge in [-0.3, -0.25) is 10.2 Å². The molecule has 2 rings (SSSR count). The minimum absolute atomic E-state index is 0.219. The van der Waals surface area contributed by atoms with Gasteiger partial charge in [0.2, 0.25) is 5.91 Å². The van der Waals surface area contributed by atoms with E-state index in [9.17, 15) is 13.6 Å². The Labute approximate surface area is 125 Å². The molecule has 0 saturated carbocycles. The molecule has 0 spiro atoms. The van der Waals surface area contributed by atoms with Crippen molar-refractivity contribution in [1.82, 2.24) is 5.43 Å². The number of hydrogen-bond acceptors (Lipinski definition) is 3. The maximum Gasteiger partial charge on any atom is 0.238 e. The molecule has 0 atom stereocenters. The van der Waals surface area contributed by atoms with E-state index in [-0.39, 0.29) is 12.3 Å². The first kappa shape index (κ1) is 15.5. The third kappa shape index (κ3) is 4.54. The van der Waals surface area contributed by atoms with Gasteiger partial charge in [0.25, 0.3) is 0 Å². The number of amides is 1. The van der Waals surface area contributed by atoms with E-state index in [0.717, 1.165) is 17.2 Å². The highest BCUT2D eigenvalue weighted by Crippen LogP contribution is 2.26. The van der Waals surface area contributed by atoms with Gasteiger partial charge in [0.05, 0.1) is 6.42 Å². The molecule has 0 saturated heterocycles. The van der Waals surface area contributed by atoms with Gasteiger partial charge in [0.15, 0.2) is 0 Å². The van der Waals surface area contributed by atoms with Gasteiger partial charge in [-0.2, -0.15) is 0 Å². The average Bonchev–Trinajstić information content (AvgIpc) is 2.48. The Morgan fingerprint density at radius 1 is 1.10 bits per heavy atom. The second-order valence-electron chi connectivity index (χ2n) is 4.42. The Morgan fingerprint density at radius 2 is 1.76 bits per heavy atom. The Morgan fingerprint density at radius 3 is 2.38 bits per heavy atom. The largest absolute Gasteiger partial charge is 0.294 e. The molecule has 0 aliphatic heterocycles. The van der Waals surface area contributed by atoms with Crippen molar-refractivity contribution < 1.29 is 13.6 Å². The number of thioether (sulfide) groups is 1. The highest BCUT2D eigenvalue weighted by atomic mass is 32.2. The van der Waals surface area contributed by atoms with Gasteiger partial charge in [-0.1, -0.05) is 24.3 Å². The fraction of sp³-hybridized carbons (Fsp3) is 0.133. The molecule has 6 heteroatoms. The number of hydrazine groups is 1. The molecule has 0 radical (unpaired) electrons. The molecule has 3 nitrogen and oxygen atoms in total. The van der Waals surface area contributed by atoms with Crippen molar-refractivity contribution in [2.75, 3.05) is 0 Å². The molecule has 110 valence electrons. The summed E-state index contributed by atoms with van der Waals surface area (Å²) in [6.45, 7) is 0. The zero-order valence-electron chi connectivity index (χ0n) is 11.1. The van der Waals surface area contributed by atoms with Gasteiger partial charge in [-0.05, 0) is 23.3 Å². The fourth-order valence-electron chi connectivity index (χ4n) is 1.74. The van der Waals surface area contributed by atoms with E-state index in [1.54, 1.807) is 0 Å². The van der Waals surface area contributed by atoms with Crippen LogP contribution in [0.5, 0.6) is 0 Å². The number of nitrogens with two attached hydrogens (primary N) is 1. The van der Waals surface area contributed by atoms with Crippen molar-refractivity contribution in [2.24, 2.45) is 5.84 Å². The van der Waals surface area contributed by atoms with Crippen LogP contribution in [0.15, 0.2) is 47.4 Å². The Bertz CT molecular complexity index is 632. The van der Waals surface area contributed by atoms with Crippen molar-refractivity contribution in [3.05, 3.63) is 65.2 Å². The summed E-state index contributed by atoms with van der Waals surface area (Å²) >= 11 is 1.29. The quantitative estimate of drug-likeness (QED) is 0.386. The van der Waals surface area contributed by atoms with Crippen LogP contribution in [0.25, 0.3) is 0 Å². The van der Waals surface area contributed by atoms with Gasteiger partial charge in [-0.15, -0.1) is 11.8 Å². The van der Waals surface area contributed by atoms with Crippen LogP contribution in [0.4, 0.5) is 8.78 Å². The number of carbonyl (C=O) groups is 1. The first-order chi connectivity index (χ1) is 10.1. The molecule has 3 N–H and O–H groups in total.